The zero-order valence-electron chi connectivity index (χ0n) is 11.6. The third-order valence-electron chi connectivity index (χ3n) is 4.24. The van der Waals surface area contributed by atoms with E-state index in [1.54, 1.807) is 0 Å². The van der Waals surface area contributed by atoms with Gasteiger partial charge in [0.05, 0.1) is 0 Å². The molecule has 1 fully saturated rings. The summed E-state index contributed by atoms with van der Waals surface area (Å²) in [7, 11) is 0. The Balaban J connectivity index is 2.52. The summed E-state index contributed by atoms with van der Waals surface area (Å²) in [5.74, 6) is -6.55. The zero-order valence-corrected chi connectivity index (χ0v) is 11.6. The van der Waals surface area contributed by atoms with Crippen LogP contribution in [0.3, 0.4) is 0 Å². The Bertz CT molecular complexity index is 601. The number of ether oxygens (including phenoxy) is 1. The number of halogens is 5. The fourth-order valence-electron chi connectivity index (χ4n) is 2.76. The van der Waals surface area contributed by atoms with E-state index in [9.17, 15) is 26.7 Å². The molecule has 0 radical (unpaired) electrons. The van der Waals surface area contributed by atoms with E-state index in [0.29, 0.717) is 6.07 Å². The van der Waals surface area contributed by atoms with Crippen molar-refractivity contribution in [2.75, 3.05) is 0 Å². The average molecular weight is 324 g/mol. The molecule has 0 unspecified atom stereocenters. The molecule has 1 N–H and O–H groups in total. The highest BCUT2D eigenvalue weighted by Crippen LogP contribution is 2.53. The Labute approximate surface area is 122 Å². The van der Waals surface area contributed by atoms with Gasteiger partial charge in [-0.2, -0.15) is 13.2 Å². The van der Waals surface area contributed by atoms with E-state index >= 15 is 0 Å². The summed E-state index contributed by atoms with van der Waals surface area (Å²) >= 11 is 0. The molecule has 0 saturated carbocycles. The van der Waals surface area contributed by atoms with E-state index in [2.05, 4.69) is 0 Å². The lowest BCUT2D eigenvalue weighted by molar-refractivity contribution is -0.273. The van der Waals surface area contributed by atoms with Crippen molar-refractivity contribution in [2.45, 2.75) is 37.6 Å². The predicted octanol–water partition coefficient (Wildman–Crippen LogP) is 3.49. The lowest BCUT2D eigenvalue weighted by atomic mass is 9.77. The van der Waals surface area contributed by atoms with Crippen LogP contribution in [0.2, 0.25) is 0 Å². The molecule has 22 heavy (non-hydrogen) atoms. The van der Waals surface area contributed by atoms with Crippen molar-refractivity contribution in [2.24, 2.45) is 5.92 Å². The van der Waals surface area contributed by atoms with Crippen molar-refractivity contribution < 1.29 is 36.6 Å². The molecule has 1 saturated heterocycles. The zero-order chi connectivity index (χ0) is 16.9. The molecule has 1 aliphatic heterocycles. The summed E-state index contributed by atoms with van der Waals surface area (Å²) in [6, 6.07) is 2.53. The van der Waals surface area contributed by atoms with Gasteiger partial charge in [-0.05, 0) is 24.6 Å². The largest absolute Gasteiger partial charge is 0.479 e. The molecule has 2 rings (SSSR count). The topological polar surface area (TPSA) is 46.5 Å². The number of carbonyl (C=O) groups is 1. The molecule has 1 aromatic carbocycles. The van der Waals surface area contributed by atoms with E-state index in [1.807, 2.05) is 0 Å². The Hall–Kier alpha value is -1.70. The second-order valence-corrected chi connectivity index (χ2v) is 5.47. The second kappa shape index (κ2) is 5.19. The molecule has 1 aliphatic rings. The van der Waals surface area contributed by atoms with Crippen LogP contribution in [-0.2, 0) is 9.53 Å². The fourth-order valence-corrected chi connectivity index (χ4v) is 2.76. The van der Waals surface area contributed by atoms with Crippen molar-refractivity contribution >= 4 is 5.97 Å². The first-order valence-electron chi connectivity index (χ1n) is 6.41. The van der Waals surface area contributed by atoms with Crippen LogP contribution in [0.15, 0.2) is 18.2 Å². The fraction of sp³-hybridized carbons (Fsp3) is 0.500. The van der Waals surface area contributed by atoms with Gasteiger partial charge in [-0.25, -0.2) is 13.6 Å². The number of benzene rings is 1. The van der Waals surface area contributed by atoms with E-state index in [0.717, 1.165) is 19.1 Å². The van der Waals surface area contributed by atoms with Gasteiger partial charge in [0, 0.05) is 11.8 Å². The maximum Gasteiger partial charge on any atom is 0.417 e. The molecule has 1 aromatic rings. The number of carboxylic acids is 1. The normalized spacial score (nSPS) is 32.2. The number of rotatable bonds is 2. The van der Waals surface area contributed by atoms with Gasteiger partial charge in [0.15, 0.2) is 23.3 Å². The Kier molecular flexibility index (Phi) is 3.93. The first kappa shape index (κ1) is 16.7. The van der Waals surface area contributed by atoms with Crippen LogP contribution in [0.4, 0.5) is 22.0 Å². The van der Waals surface area contributed by atoms with Crippen molar-refractivity contribution in [1.82, 2.24) is 0 Å². The first-order chi connectivity index (χ1) is 9.99. The highest BCUT2D eigenvalue weighted by molar-refractivity contribution is 5.74. The Morgan fingerprint density at radius 2 is 1.86 bits per heavy atom. The molecule has 0 amide bonds. The van der Waals surface area contributed by atoms with E-state index < -0.39 is 47.3 Å². The van der Waals surface area contributed by atoms with Crippen LogP contribution in [0.25, 0.3) is 0 Å². The maximum absolute atomic E-state index is 13.3. The van der Waals surface area contributed by atoms with Gasteiger partial charge < -0.3 is 9.84 Å². The maximum atomic E-state index is 13.3. The molecule has 122 valence electrons. The van der Waals surface area contributed by atoms with Gasteiger partial charge in [-0.3, -0.25) is 0 Å². The number of hydrogen-bond acceptors (Lipinski definition) is 2. The van der Waals surface area contributed by atoms with Gasteiger partial charge in [-0.1, -0.05) is 13.0 Å². The van der Waals surface area contributed by atoms with Crippen LogP contribution in [-0.4, -0.2) is 29.0 Å². The quantitative estimate of drug-likeness (QED) is 0.847. The molecular formula is C14H13F5O3. The summed E-state index contributed by atoms with van der Waals surface area (Å²) in [5.41, 5.74) is -2.74. The van der Waals surface area contributed by atoms with E-state index in [4.69, 9.17) is 9.84 Å². The molecule has 8 heteroatoms. The Morgan fingerprint density at radius 3 is 2.32 bits per heavy atom. The third kappa shape index (κ3) is 2.45. The minimum atomic E-state index is -4.80. The number of hydrogen-bond donors (Lipinski definition) is 1. The van der Waals surface area contributed by atoms with Crippen molar-refractivity contribution in [3.63, 3.8) is 0 Å². The molecule has 4 atom stereocenters. The van der Waals surface area contributed by atoms with Gasteiger partial charge in [-0.15, -0.1) is 0 Å². The molecule has 3 nitrogen and oxygen atoms in total. The van der Waals surface area contributed by atoms with Crippen LogP contribution in [0.5, 0.6) is 0 Å². The summed E-state index contributed by atoms with van der Waals surface area (Å²) in [6.45, 7) is 1.94. The van der Waals surface area contributed by atoms with Crippen LogP contribution < -0.4 is 0 Å². The Morgan fingerprint density at radius 1 is 1.27 bits per heavy atom. The minimum Gasteiger partial charge on any atom is -0.479 e. The first-order valence-corrected chi connectivity index (χ1v) is 6.41. The monoisotopic (exact) mass is 324 g/mol. The smallest absolute Gasteiger partial charge is 0.417 e. The van der Waals surface area contributed by atoms with Crippen LogP contribution >= 0.6 is 0 Å². The lowest BCUT2D eigenvalue weighted by Gasteiger charge is -2.31. The standard InChI is InChI=1S/C14H13F5O3/c1-6-10(7-3-4-8(15)9(16)5-7)11(12(20)21)22-13(6,2)14(17,18)19/h3-6,10-11H,1-2H3,(H,20,21)/t6-,10-,11+,13+/m0/s1. The lowest BCUT2D eigenvalue weighted by Crippen LogP contribution is -2.47. The van der Waals surface area contributed by atoms with Gasteiger partial charge in [0.2, 0.25) is 0 Å². The van der Waals surface area contributed by atoms with E-state index in [1.165, 1.54) is 6.92 Å². The molecular weight excluding hydrogens is 311 g/mol. The van der Waals surface area contributed by atoms with Crippen LogP contribution in [0.1, 0.15) is 25.3 Å². The van der Waals surface area contributed by atoms with Gasteiger partial charge in [0.25, 0.3) is 0 Å². The molecule has 0 aliphatic carbocycles. The van der Waals surface area contributed by atoms with Crippen molar-refractivity contribution in [1.29, 1.82) is 0 Å². The van der Waals surface area contributed by atoms with Crippen molar-refractivity contribution in [3.8, 4) is 0 Å². The summed E-state index contributed by atoms with van der Waals surface area (Å²) < 4.78 is 70.7. The average Bonchev–Trinajstić information content (AvgIpc) is 2.67. The number of carboxylic acid groups (broad SMARTS) is 1. The van der Waals surface area contributed by atoms with Gasteiger partial charge >= 0.3 is 12.1 Å². The molecule has 0 aromatic heterocycles. The number of aliphatic carboxylic acids is 1. The SMILES string of the molecule is C[C@H]1[C@@H](c2ccc(F)c(F)c2)[C@H](C(=O)O)O[C@@]1(C)C(F)(F)F. The molecule has 0 bridgehead atoms. The third-order valence-corrected chi connectivity index (χ3v) is 4.24. The van der Waals surface area contributed by atoms with Crippen LogP contribution in [0, 0.1) is 17.6 Å². The second-order valence-electron chi connectivity index (χ2n) is 5.47. The molecule has 0 spiro atoms. The molecule has 1 heterocycles. The summed E-state index contributed by atoms with van der Waals surface area (Å²) in [6.07, 6.45) is -6.60. The van der Waals surface area contributed by atoms with Crippen molar-refractivity contribution in [3.05, 3.63) is 35.4 Å². The van der Waals surface area contributed by atoms with E-state index in [-0.39, 0.29) is 5.56 Å². The number of alkyl halides is 3. The highest BCUT2D eigenvalue weighted by Gasteiger charge is 2.65. The summed E-state index contributed by atoms with van der Waals surface area (Å²) in [4.78, 5) is 11.2. The van der Waals surface area contributed by atoms with Gasteiger partial charge in [0.1, 0.15) is 0 Å². The minimum absolute atomic E-state index is 0.0493. The highest BCUT2D eigenvalue weighted by atomic mass is 19.4. The summed E-state index contributed by atoms with van der Waals surface area (Å²) in [5, 5.41) is 9.12. The predicted molar refractivity (Wildman–Crippen MR) is 65.2 cm³/mol.